The third kappa shape index (κ3) is 3.71. The van der Waals surface area contributed by atoms with Gasteiger partial charge in [0, 0.05) is 0 Å². The van der Waals surface area contributed by atoms with E-state index in [1.807, 2.05) is 0 Å². The zero-order valence-corrected chi connectivity index (χ0v) is 11.3. The average molecular weight is 309 g/mol. The van der Waals surface area contributed by atoms with Crippen LogP contribution in [0.5, 0.6) is 11.5 Å². The van der Waals surface area contributed by atoms with Gasteiger partial charge in [-0.05, 0) is 12.1 Å². The Hall–Kier alpha value is -1.60. The standard InChI is InChI=1S/C12H14F2N2O3.ClH/c13-12(14,6-15)7-16-11(17)8-2-1-3-9-10(8)19-5-4-18-9;/h1-3H,4-7,15H2,(H,16,17);1H. The number of nitrogens with one attached hydrogen (secondary N) is 1. The fourth-order valence-electron chi connectivity index (χ4n) is 1.63. The van der Waals surface area contributed by atoms with Crippen LogP contribution in [0.25, 0.3) is 0 Å². The fraction of sp³-hybridized carbons (Fsp3) is 0.417. The van der Waals surface area contributed by atoms with E-state index < -0.39 is 24.9 Å². The minimum atomic E-state index is -3.12. The number of ether oxygens (including phenoxy) is 2. The average Bonchev–Trinajstić information content (AvgIpc) is 2.44. The lowest BCUT2D eigenvalue weighted by Gasteiger charge is -2.21. The van der Waals surface area contributed by atoms with E-state index in [4.69, 9.17) is 15.2 Å². The molecule has 8 heteroatoms. The van der Waals surface area contributed by atoms with Gasteiger partial charge in [0.15, 0.2) is 11.5 Å². The van der Waals surface area contributed by atoms with Crippen LogP contribution in [0, 0.1) is 0 Å². The normalized spacial score (nSPS) is 13.3. The lowest BCUT2D eigenvalue weighted by atomic mass is 10.1. The highest BCUT2D eigenvalue weighted by Crippen LogP contribution is 2.33. The SMILES string of the molecule is Cl.NCC(F)(F)CNC(=O)c1cccc2c1OCCO2. The monoisotopic (exact) mass is 308 g/mol. The number of benzene rings is 1. The Balaban J connectivity index is 0.00000200. The molecule has 0 radical (unpaired) electrons. The largest absolute Gasteiger partial charge is 0.486 e. The van der Waals surface area contributed by atoms with Crippen LogP contribution in [-0.2, 0) is 0 Å². The van der Waals surface area contributed by atoms with Crippen molar-refractivity contribution in [3.05, 3.63) is 23.8 Å². The van der Waals surface area contributed by atoms with E-state index in [1.54, 1.807) is 12.1 Å². The van der Waals surface area contributed by atoms with Gasteiger partial charge in [-0.3, -0.25) is 4.79 Å². The lowest BCUT2D eigenvalue weighted by Crippen LogP contribution is -2.41. The number of para-hydroxylation sites is 1. The first-order valence-electron chi connectivity index (χ1n) is 5.78. The number of halogens is 3. The molecule has 0 saturated carbocycles. The van der Waals surface area contributed by atoms with Crippen LogP contribution in [0.4, 0.5) is 8.78 Å². The molecule has 0 spiro atoms. The second-order valence-electron chi connectivity index (χ2n) is 4.07. The van der Waals surface area contributed by atoms with Crippen molar-refractivity contribution in [1.29, 1.82) is 0 Å². The molecular formula is C12H15ClF2N2O3. The number of carbonyl (C=O) groups is 1. The Morgan fingerprint density at radius 3 is 2.75 bits per heavy atom. The lowest BCUT2D eigenvalue weighted by molar-refractivity contribution is 0.0118. The summed E-state index contributed by atoms with van der Waals surface area (Å²) in [5.41, 5.74) is 5.07. The number of nitrogens with two attached hydrogens (primary N) is 1. The van der Waals surface area contributed by atoms with Crippen molar-refractivity contribution in [2.75, 3.05) is 26.3 Å². The van der Waals surface area contributed by atoms with Crippen LogP contribution >= 0.6 is 12.4 Å². The van der Waals surface area contributed by atoms with E-state index in [0.717, 1.165) is 0 Å². The smallest absolute Gasteiger partial charge is 0.277 e. The van der Waals surface area contributed by atoms with E-state index in [0.29, 0.717) is 19.0 Å². The number of amides is 1. The Bertz CT molecular complexity index is 486. The maximum absolute atomic E-state index is 13.0. The van der Waals surface area contributed by atoms with E-state index in [1.165, 1.54) is 6.07 Å². The Labute approximate surface area is 120 Å². The summed E-state index contributed by atoms with van der Waals surface area (Å²) in [6, 6.07) is 4.74. The van der Waals surface area contributed by atoms with Gasteiger partial charge >= 0.3 is 0 Å². The molecule has 0 unspecified atom stereocenters. The second-order valence-corrected chi connectivity index (χ2v) is 4.07. The molecular weight excluding hydrogens is 294 g/mol. The molecule has 0 aliphatic carbocycles. The molecule has 0 bridgehead atoms. The van der Waals surface area contributed by atoms with Gasteiger partial charge in [-0.15, -0.1) is 12.4 Å². The number of hydrogen-bond donors (Lipinski definition) is 2. The zero-order valence-electron chi connectivity index (χ0n) is 10.5. The third-order valence-electron chi connectivity index (χ3n) is 2.62. The fourth-order valence-corrected chi connectivity index (χ4v) is 1.63. The first-order chi connectivity index (χ1) is 9.03. The summed E-state index contributed by atoms with van der Waals surface area (Å²) >= 11 is 0. The Morgan fingerprint density at radius 2 is 2.05 bits per heavy atom. The minimum Gasteiger partial charge on any atom is -0.486 e. The Kier molecular flexibility index (Phi) is 5.52. The predicted molar refractivity (Wildman–Crippen MR) is 71.0 cm³/mol. The molecule has 112 valence electrons. The van der Waals surface area contributed by atoms with Crippen molar-refractivity contribution in [2.24, 2.45) is 5.73 Å². The van der Waals surface area contributed by atoms with E-state index >= 15 is 0 Å². The van der Waals surface area contributed by atoms with Crippen molar-refractivity contribution >= 4 is 18.3 Å². The van der Waals surface area contributed by atoms with Crippen molar-refractivity contribution < 1.29 is 23.0 Å². The molecule has 2 rings (SSSR count). The van der Waals surface area contributed by atoms with Gasteiger partial charge in [-0.1, -0.05) is 6.07 Å². The first kappa shape index (κ1) is 16.5. The van der Waals surface area contributed by atoms with Crippen LogP contribution in [0.3, 0.4) is 0 Å². The van der Waals surface area contributed by atoms with E-state index in [-0.39, 0.29) is 23.7 Å². The summed E-state index contributed by atoms with van der Waals surface area (Å²) in [5, 5.41) is 2.14. The van der Waals surface area contributed by atoms with Crippen molar-refractivity contribution in [1.82, 2.24) is 5.32 Å². The molecule has 0 fully saturated rings. The summed E-state index contributed by atoms with van der Waals surface area (Å²) in [6.07, 6.45) is 0. The van der Waals surface area contributed by atoms with Crippen LogP contribution in [0.15, 0.2) is 18.2 Å². The number of carbonyl (C=O) groups excluding carboxylic acids is 1. The van der Waals surface area contributed by atoms with Gasteiger partial charge in [0.25, 0.3) is 11.8 Å². The molecule has 0 atom stereocenters. The molecule has 1 aromatic carbocycles. The second kappa shape index (κ2) is 6.71. The van der Waals surface area contributed by atoms with Gasteiger partial charge in [0.1, 0.15) is 13.2 Å². The number of rotatable bonds is 4. The van der Waals surface area contributed by atoms with Crippen molar-refractivity contribution in [3.8, 4) is 11.5 Å². The summed E-state index contributed by atoms with van der Waals surface area (Å²) in [5.74, 6) is -3.05. The van der Waals surface area contributed by atoms with Gasteiger partial charge in [0.05, 0.1) is 18.7 Å². The summed E-state index contributed by atoms with van der Waals surface area (Å²) < 4.78 is 36.6. The Morgan fingerprint density at radius 1 is 1.35 bits per heavy atom. The molecule has 1 aromatic rings. The van der Waals surface area contributed by atoms with Crippen molar-refractivity contribution in [2.45, 2.75) is 5.92 Å². The van der Waals surface area contributed by atoms with E-state index in [9.17, 15) is 13.6 Å². The minimum absolute atomic E-state index is 0. The topological polar surface area (TPSA) is 73.6 Å². The predicted octanol–water partition coefficient (Wildman–Crippen LogP) is 1.20. The van der Waals surface area contributed by atoms with Crippen LogP contribution < -0.4 is 20.5 Å². The van der Waals surface area contributed by atoms with Crippen LogP contribution in [0.2, 0.25) is 0 Å². The van der Waals surface area contributed by atoms with Crippen LogP contribution in [-0.4, -0.2) is 38.1 Å². The molecule has 1 heterocycles. The third-order valence-corrected chi connectivity index (χ3v) is 2.62. The van der Waals surface area contributed by atoms with Gasteiger partial charge in [-0.25, -0.2) is 8.78 Å². The molecule has 0 aromatic heterocycles. The highest BCUT2D eigenvalue weighted by molar-refractivity contribution is 5.97. The quantitative estimate of drug-likeness (QED) is 0.876. The first-order valence-corrected chi connectivity index (χ1v) is 5.78. The molecule has 0 saturated heterocycles. The molecule has 20 heavy (non-hydrogen) atoms. The molecule has 3 N–H and O–H groups in total. The maximum Gasteiger partial charge on any atom is 0.277 e. The molecule has 1 aliphatic rings. The number of fused-ring (bicyclic) bond motifs is 1. The number of alkyl halides is 2. The number of hydrogen-bond acceptors (Lipinski definition) is 4. The summed E-state index contributed by atoms with van der Waals surface area (Å²) in [6.45, 7) is -0.924. The van der Waals surface area contributed by atoms with Gasteiger partial charge in [0.2, 0.25) is 0 Å². The van der Waals surface area contributed by atoms with Crippen LogP contribution in [0.1, 0.15) is 10.4 Å². The zero-order chi connectivity index (χ0) is 13.9. The highest BCUT2D eigenvalue weighted by atomic mass is 35.5. The molecule has 1 aliphatic heterocycles. The highest BCUT2D eigenvalue weighted by Gasteiger charge is 2.28. The van der Waals surface area contributed by atoms with Crippen molar-refractivity contribution in [3.63, 3.8) is 0 Å². The van der Waals surface area contributed by atoms with E-state index in [2.05, 4.69) is 5.32 Å². The summed E-state index contributed by atoms with van der Waals surface area (Å²) in [7, 11) is 0. The molecule has 1 amide bonds. The van der Waals surface area contributed by atoms with Gasteiger partial charge in [-0.2, -0.15) is 0 Å². The maximum atomic E-state index is 13.0. The van der Waals surface area contributed by atoms with Gasteiger partial charge < -0.3 is 20.5 Å². The molecule has 5 nitrogen and oxygen atoms in total. The summed E-state index contributed by atoms with van der Waals surface area (Å²) in [4.78, 5) is 11.9.